The van der Waals surface area contributed by atoms with Crippen LogP contribution < -0.4 is 11.1 Å². The van der Waals surface area contributed by atoms with Crippen LogP contribution in [0.15, 0.2) is 48.5 Å². The van der Waals surface area contributed by atoms with Crippen molar-refractivity contribution in [2.24, 2.45) is 0 Å². The summed E-state index contributed by atoms with van der Waals surface area (Å²) >= 11 is 0. The third kappa shape index (κ3) is 1.99. The number of para-hydroxylation sites is 1. The van der Waals surface area contributed by atoms with Gasteiger partial charge in [0.1, 0.15) is 6.04 Å². The minimum absolute atomic E-state index is 0.109. The fourth-order valence-electron chi connectivity index (χ4n) is 3.75. The number of fused-ring (bicyclic) bond motifs is 3. The zero-order valence-corrected chi connectivity index (χ0v) is 12.3. The first-order chi connectivity index (χ1) is 10.8. The summed E-state index contributed by atoms with van der Waals surface area (Å²) in [5.74, 6) is 0.331. The highest BCUT2D eigenvalue weighted by atomic mass is 16.2. The van der Waals surface area contributed by atoms with Crippen LogP contribution in [0, 0.1) is 0 Å². The van der Waals surface area contributed by atoms with Gasteiger partial charge >= 0.3 is 0 Å². The van der Waals surface area contributed by atoms with Crippen molar-refractivity contribution >= 4 is 11.6 Å². The highest BCUT2D eigenvalue weighted by molar-refractivity contribution is 5.85. The quantitative estimate of drug-likeness (QED) is 0.789. The van der Waals surface area contributed by atoms with E-state index in [9.17, 15) is 4.79 Å². The summed E-state index contributed by atoms with van der Waals surface area (Å²) in [6.07, 6.45) is 0. The number of amides is 1. The first-order valence-electron chi connectivity index (χ1n) is 7.70. The molecule has 2 aliphatic rings. The number of nitrogens with one attached hydrogen (secondary N) is 1. The lowest BCUT2D eigenvalue weighted by Gasteiger charge is -2.43. The number of hydrogen-bond donors (Lipinski definition) is 2. The minimum atomic E-state index is -0.161. The Morgan fingerprint density at radius 2 is 1.68 bits per heavy atom. The molecule has 1 saturated heterocycles. The van der Waals surface area contributed by atoms with Gasteiger partial charge in [0, 0.05) is 31.2 Å². The molecule has 4 heteroatoms. The molecule has 22 heavy (non-hydrogen) atoms. The maximum absolute atomic E-state index is 12.3. The van der Waals surface area contributed by atoms with E-state index in [1.54, 1.807) is 0 Å². The SMILES string of the molecule is Nc1ccccc1C1CN2CCNC(=O)C2c2ccccc21. The molecular weight excluding hydrogens is 274 g/mol. The largest absolute Gasteiger partial charge is 0.398 e. The topological polar surface area (TPSA) is 58.4 Å². The Morgan fingerprint density at radius 1 is 1.00 bits per heavy atom. The molecule has 2 unspecified atom stereocenters. The summed E-state index contributed by atoms with van der Waals surface area (Å²) in [5, 5.41) is 2.98. The van der Waals surface area contributed by atoms with Crippen molar-refractivity contribution in [3.63, 3.8) is 0 Å². The van der Waals surface area contributed by atoms with E-state index in [0.29, 0.717) is 6.54 Å². The van der Waals surface area contributed by atoms with Crippen molar-refractivity contribution in [3.05, 3.63) is 65.2 Å². The molecule has 2 aliphatic heterocycles. The lowest BCUT2D eigenvalue weighted by Crippen LogP contribution is -2.53. The van der Waals surface area contributed by atoms with Gasteiger partial charge in [0.15, 0.2) is 0 Å². The van der Waals surface area contributed by atoms with Crippen molar-refractivity contribution in [2.75, 3.05) is 25.4 Å². The Bertz CT molecular complexity index is 728. The Morgan fingerprint density at radius 3 is 2.45 bits per heavy atom. The molecule has 4 rings (SSSR count). The fraction of sp³-hybridized carbons (Fsp3) is 0.278. The second kappa shape index (κ2) is 5.14. The number of carbonyl (C=O) groups excluding carboxylic acids is 1. The van der Waals surface area contributed by atoms with Crippen molar-refractivity contribution < 1.29 is 4.79 Å². The number of nitrogens with two attached hydrogens (primary N) is 1. The van der Waals surface area contributed by atoms with Crippen molar-refractivity contribution in [1.82, 2.24) is 10.2 Å². The van der Waals surface area contributed by atoms with Crippen molar-refractivity contribution in [2.45, 2.75) is 12.0 Å². The minimum Gasteiger partial charge on any atom is -0.398 e. The van der Waals surface area contributed by atoms with E-state index in [0.717, 1.165) is 29.9 Å². The molecule has 2 atom stereocenters. The zero-order chi connectivity index (χ0) is 15.1. The lowest BCUT2D eigenvalue weighted by atomic mass is 9.80. The predicted molar refractivity (Wildman–Crippen MR) is 86.5 cm³/mol. The Labute approximate surface area is 129 Å². The molecule has 2 heterocycles. The number of anilines is 1. The molecule has 0 aromatic heterocycles. The molecule has 2 aromatic rings. The average Bonchev–Trinajstić information content (AvgIpc) is 2.55. The number of nitrogens with zero attached hydrogens (tertiary/aromatic N) is 1. The number of benzene rings is 2. The van der Waals surface area contributed by atoms with E-state index in [1.807, 2.05) is 30.3 Å². The van der Waals surface area contributed by atoms with E-state index < -0.39 is 0 Å². The monoisotopic (exact) mass is 293 g/mol. The van der Waals surface area contributed by atoms with Crippen LogP contribution in [-0.2, 0) is 4.79 Å². The van der Waals surface area contributed by atoms with Gasteiger partial charge in [0.05, 0.1) is 0 Å². The third-order valence-corrected chi connectivity index (χ3v) is 4.77. The zero-order valence-electron chi connectivity index (χ0n) is 12.3. The van der Waals surface area contributed by atoms with Gasteiger partial charge < -0.3 is 11.1 Å². The maximum atomic E-state index is 12.3. The molecule has 4 nitrogen and oxygen atoms in total. The molecule has 2 aromatic carbocycles. The van der Waals surface area contributed by atoms with Crippen LogP contribution in [-0.4, -0.2) is 30.4 Å². The molecule has 1 amide bonds. The Kier molecular flexibility index (Phi) is 3.12. The molecule has 0 spiro atoms. The third-order valence-electron chi connectivity index (χ3n) is 4.77. The highest BCUT2D eigenvalue weighted by Crippen LogP contribution is 2.41. The van der Waals surface area contributed by atoms with Crippen LogP contribution in [0.5, 0.6) is 0 Å². The smallest absolute Gasteiger partial charge is 0.242 e. The number of nitrogen functional groups attached to an aromatic ring is 1. The standard InChI is InChI=1S/C18H19N3O/c19-16-8-4-3-6-13(16)15-11-21-10-9-20-18(22)17(21)14-7-2-1-5-12(14)15/h1-8,15,17H,9-11,19H2,(H,20,22). The van der Waals surface area contributed by atoms with Crippen molar-refractivity contribution in [3.8, 4) is 0 Å². The van der Waals surface area contributed by atoms with Gasteiger partial charge in [-0.1, -0.05) is 42.5 Å². The second-order valence-electron chi connectivity index (χ2n) is 6.00. The number of piperazine rings is 1. The van der Waals surface area contributed by atoms with E-state index in [1.165, 1.54) is 5.56 Å². The molecule has 3 N–H and O–H groups in total. The van der Waals surface area contributed by atoms with Crippen LogP contribution >= 0.6 is 0 Å². The fourth-order valence-corrected chi connectivity index (χ4v) is 3.75. The van der Waals surface area contributed by atoms with Crippen LogP contribution in [0.3, 0.4) is 0 Å². The van der Waals surface area contributed by atoms with Crippen molar-refractivity contribution in [1.29, 1.82) is 0 Å². The Hall–Kier alpha value is -2.33. The molecule has 0 bridgehead atoms. The summed E-state index contributed by atoms with van der Waals surface area (Å²) in [6.45, 7) is 2.44. The summed E-state index contributed by atoms with van der Waals surface area (Å²) in [7, 11) is 0. The number of rotatable bonds is 1. The summed E-state index contributed by atoms with van der Waals surface area (Å²) in [4.78, 5) is 14.6. The summed E-state index contributed by atoms with van der Waals surface area (Å²) in [5.41, 5.74) is 10.5. The first kappa shape index (κ1) is 13.3. The van der Waals surface area contributed by atoms with Crippen LogP contribution in [0.1, 0.15) is 28.7 Å². The normalized spacial score (nSPS) is 24.3. The molecule has 0 radical (unpaired) electrons. The molecule has 112 valence electrons. The van der Waals surface area contributed by atoms with E-state index in [2.05, 4.69) is 28.4 Å². The van der Waals surface area contributed by atoms with Gasteiger partial charge in [0.2, 0.25) is 5.91 Å². The van der Waals surface area contributed by atoms with Gasteiger partial charge in [0.25, 0.3) is 0 Å². The van der Waals surface area contributed by atoms with Gasteiger partial charge in [-0.25, -0.2) is 0 Å². The van der Waals surface area contributed by atoms with E-state index in [4.69, 9.17) is 5.73 Å². The predicted octanol–water partition coefficient (Wildman–Crippen LogP) is 1.89. The molecule has 0 saturated carbocycles. The summed E-state index contributed by atoms with van der Waals surface area (Å²) < 4.78 is 0. The Balaban J connectivity index is 1.86. The molecule has 0 aliphatic carbocycles. The van der Waals surface area contributed by atoms with E-state index >= 15 is 0 Å². The molecule has 1 fully saturated rings. The molecular formula is C18H19N3O. The van der Waals surface area contributed by atoms with Gasteiger partial charge in [-0.05, 0) is 22.8 Å². The van der Waals surface area contributed by atoms with Crippen LogP contribution in [0.25, 0.3) is 0 Å². The van der Waals surface area contributed by atoms with Crippen LogP contribution in [0.4, 0.5) is 5.69 Å². The highest BCUT2D eigenvalue weighted by Gasteiger charge is 2.39. The van der Waals surface area contributed by atoms with Gasteiger partial charge in [-0.2, -0.15) is 0 Å². The average molecular weight is 293 g/mol. The van der Waals surface area contributed by atoms with E-state index in [-0.39, 0.29) is 17.9 Å². The van der Waals surface area contributed by atoms with Gasteiger partial charge in [-0.3, -0.25) is 9.69 Å². The first-order valence-corrected chi connectivity index (χ1v) is 7.70. The maximum Gasteiger partial charge on any atom is 0.242 e. The van der Waals surface area contributed by atoms with Crippen LogP contribution in [0.2, 0.25) is 0 Å². The number of hydrogen-bond acceptors (Lipinski definition) is 3. The second-order valence-corrected chi connectivity index (χ2v) is 6.00. The number of carbonyl (C=O) groups is 1. The van der Waals surface area contributed by atoms with Gasteiger partial charge in [-0.15, -0.1) is 0 Å². The lowest BCUT2D eigenvalue weighted by molar-refractivity contribution is -0.129. The summed E-state index contributed by atoms with van der Waals surface area (Å²) in [6, 6.07) is 16.1.